The molecule has 3 nitrogen and oxygen atoms in total. The molecule has 4 rings (SSSR count). The van der Waals surface area contributed by atoms with Crippen LogP contribution in [0, 0.1) is 6.92 Å². The van der Waals surface area contributed by atoms with Crippen molar-refractivity contribution in [2.75, 3.05) is 23.3 Å². The van der Waals surface area contributed by atoms with Gasteiger partial charge in [-0.2, -0.15) is 0 Å². The molecule has 0 saturated heterocycles. The van der Waals surface area contributed by atoms with Crippen LogP contribution in [0.5, 0.6) is 0 Å². The maximum atomic E-state index is 4.81. The standard InChI is InChI=1S/C26H27N3S/c1-4-29(5-2)23-15-16-24(19(3)17-23)27-26-28-25(18-30-26)22-13-11-21(12-14-22)20-9-7-6-8-10-20/h6-18H,4-5H2,1-3H3,(H,27,28). The van der Waals surface area contributed by atoms with E-state index in [9.17, 15) is 0 Å². The molecule has 3 aromatic carbocycles. The van der Waals surface area contributed by atoms with Crippen LogP contribution in [0.4, 0.5) is 16.5 Å². The van der Waals surface area contributed by atoms with Crippen molar-refractivity contribution in [3.63, 3.8) is 0 Å². The Morgan fingerprint density at radius 2 is 1.50 bits per heavy atom. The van der Waals surface area contributed by atoms with Gasteiger partial charge in [0.2, 0.25) is 0 Å². The van der Waals surface area contributed by atoms with Crippen LogP contribution in [-0.4, -0.2) is 18.1 Å². The molecule has 1 aromatic heterocycles. The molecule has 0 amide bonds. The fourth-order valence-corrected chi connectivity index (χ4v) is 4.35. The first kappa shape index (κ1) is 20.2. The van der Waals surface area contributed by atoms with Gasteiger partial charge in [-0.3, -0.25) is 0 Å². The van der Waals surface area contributed by atoms with Crippen molar-refractivity contribution in [1.82, 2.24) is 4.98 Å². The Balaban J connectivity index is 1.49. The molecule has 0 aliphatic rings. The molecule has 0 aliphatic heterocycles. The first-order valence-electron chi connectivity index (χ1n) is 10.4. The highest BCUT2D eigenvalue weighted by molar-refractivity contribution is 7.14. The first-order chi connectivity index (χ1) is 14.7. The van der Waals surface area contributed by atoms with Crippen molar-refractivity contribution in [1.29, 1.82) is 0 Å². The van der Waals surface area contributed by atoms with Crippen LogP contribution >= 0.6 is 11.3 Å². The summed E-state index contributed by atoms with van der Waals surface area (Å²) < 4.78 is 0. The second-order valence-electron chi connectivity index (χ2n) is 7.28. The minimum Gasteiger partial charge on any atom is -0.372 e. The summed E-state index contributed by atoms with van der Waals surface area (Å²) in [5.41, 5.74) is 8.17. The first-order valence-corrected chi connectivity index (χ1v) is 11.3. The molecule has 30 heavy (non-hydrogen) atoms. The van der Waals surface area contributed by atoms with Crippen molar-refractivity contribution in [3.8, 4) is 22.4 Å². The van der Waals surface area contributed by atoms with Gasteiger partial charge in [-0.25, -0.2) is 4.98 Å². The summed E-state index contributed by atoms with van der Waals surface area (Å²) >= 11 is 1.64. The van der Waals surface area contributed by atoms with Crippen LogP contribution in [0.15, 0.2) is 78.2 Å². The van der Waals surface area contributed by atoms with Crippen molar-refractivity contribution < 1.29 is 0 Å². The molecular formula is C26H27N3S. The van der Waals surface area contributed by atoms with Gasteiger partial charge in [-0.05, 0) is 55.7 Å². The van der Waals surface area contributed by atoms with Gasteiger partial charge in [0.1, 0.15) is 0 Å². The average Bonchev–Trinajstić information content (AvgIpc) is 3.26. The van der Waals surface area contributed by atoms with Crippen LogP contribution < -0.4 is 10.2 Å². The Morgan fingerprint density at radius 3 is 2.17 bits per heavy atom. The van der Waals surface area contributed by atoms with Gasteiger partial charge in [0.25, 0.3) is 0 Å². The van der Waals surface area contributed by atoms with E-state index in [0.717, 1.165) is 35.2 Å². The molecular weight excluding hydrogens is 386 g/mol. The molecule has 0 unspecified atom stereocenters. The number of nitrogens with zero attached hydrogens (tertiary/aromatic N) is 2. The molecule has 152 valence electrons. The van der Waals surface area contributed by atoms with Crippen molar-refractivity contribution in [2.45, 2.75) is 20.8 Å². The predicted molar refractivity (Wildman–Crippen MR) is 131 cm³/mol. The van der Waals surface area contributed by atoms with Crippen LogP contribution in [-0.2, 0) is 0 Å². The van der Waals surface area contributed by atoms with Crippen molar-refractivity contribution in [2.24, 2.45) is 0 Å². The second-order valence-corrected chi connectivity index (χ2v) is 8.14. The highest BCUT2D eigenvalue weighted by Gasteiger charge is 2.09. The molecule has 0 saturated carbocycles. The molecule has 0 radical (unpaired) electrons. The minimum absolute atomic E-state index is 0.913. The van der Waals surface area contributed by atoms with E-state index in [4.69, 9.17) is 4.98 Å². The topological polar surface area (TPSA) is 28.2 Å². The lowest BCUT2D eigenvalue weighted by Crippen LogP contribution is -2.21. The van der Waals surface area contributed by atoms with Gasteiger partial charge >= 0.3 is 0 Å². The Bertz CT molecular complexity index is 1100. The summed E-state index contributed by atoms with van der Waals surface area (Å²) in [5, 5.41) is 6.51. The highest BCUT2D eigenvalue weighted by Crippen LogP contribution is 2.31. The number of hydrogen-bond acceptors (Lipinski definition) is 4. The maximum absolute atomic E-state index is 4.81. The number of anilines is 3. The van der Waals surface area contributed by atoms with Gasteiger partial charge in [0.05, 0.1) is 5.69 Å². The van der Waals surface area contributed by atoms with Crippen LogP contribution in [0.1, 0.15) is 19.4 Å². The smallest absolute Gasteiger partial charge is 0.187 e. The zero-order chi connectivity index (χ0) is 20.9. The Kier molecular flexibility index (Phi) is 6.15. The monoisotopic (exact) mass is 413 g/mol. The van der Waals surface area contributed by atoms with E-state index < -0.39 is 0 Å². The third kappa shape index (κ3) is 4.39. The minimum atomic E-state index is 0.913. The molecule has 4 aromatic rings. The highest BCUT2D eigenvalue weighted by atomic mass is 32.1. The van der Waals surface area contributed by atoms with Gasteiger partial charge in [0.15, 0.2) is 5.13 Å². The molecule has 4 heteroatoms. The summed E-state index contributed by atoms with van der Waals surface area (Å²) in [6.07, 6.45) is 0. The molecule has 1 N–H and O–H groups in total. The number of thiazole rings is 1. The van der Waals surface area contributed by atoms with E-state index in [2.05, 4.69) is 103 Å². The quantitative estimate of drug-likeness (QED) is 0.343. The van der Waals surface area contributed by atoms with Gasteiger partial charge in [-0.15, -0.1) is 11.3 Å². The molecule has 0 aliphatic carbocycles. The van der Waals surface area contributed by atoms with Gasteiger partial charge < -0.3 is 10.2 Å². The van der Waals surface area contributed by atoms with Crippen LogP contribution in [0.3, 0.4) is 0 Å². The molecule has 0 fully saturated rings. The number of nitrogens with one attached hydrogen (secondary N) is 1. The van der Waals surface area contributed by atoms with E-state index in [0.29, 0.717) is 0 Å². The van der Waals surface area contributed by atoms with Crippen LogP contribution in [0.25, 0.3) is 22.4 Å². The average molecular weight is 414 g/mol. The van der Waals surface area contributed by atoms with Gasteiger partial charge in [-0.1, -0.05) is 54.6 Å². The number of hydrogen-bond donors (Lipinski definition) is 1. The SMILES string of the molecule is CCN(CC)c1ccc(Nc2nc(-c3ccc(-c4ccccc4)cc3)cs2)c(C)c1. The van der Waals surface area contributed by atoms with E-state index in [1.54, 1.807) is 11.3 Å². The summed E-state index contributed by atoms with van der Waals surface area (Å²) in [6.45, 7) is 8.55. The van der Waals surface area contributed by atoms with E-state index in [-0.39, 0.29) is 0 Å². The second kappa shape index (κ2) is 9.14. The number of benzene rings is 3. The molecule has 0 spiro atoms. The number of rotatable bonds is 7. The Labute approximate surface area is 183 Å². The summed E-state index contributed by atoms with van der Waals surface area (Å²) in [6, 6.07) is 25.6. The third-order valence-electron chi connectivity index (χ3n) is 5.37. The van der Waals surface area contributed by atoms with E-state index >= 15 is 0 Å². The summed E-state index contributed by atoms with van der Waals surface area (Å²) in [4.78, 5) is 7.16. The lowest BCUT2D eigenvalue weighted by atomic mass is 10.0. The largest absolute Gasteiger partial charge is 0.372 e. The maximum Gasteiger partial charge on any atom is 0.187 e. The zero-order valence-electron chi connectivity index (χ0n) is 17.7. The van der Waals surface area contributed by atoms with Crippen molar-refractivity contribution in [3.05, 3.63) is 83.7 Å². The van der Waals surface area contributed by atoms with E-state index in [1.165, 1.54) is 22.4 Å². The van der Waals surface area contributed by atoms with Crippen LogP contribution in [0.2, 0.25) is 0 Å². The lowest BCUT2D eigenvalue weighted by molar-refractivity contribution is 0.866. The fourth-order valence-electron chi connectivity index (χ4n) is 3.62. The fraction of sp³-hybridized carbons (Fsp3) is 0.192. The van der Waals surface area contributed by atoms with E-state index in [1.807, 2.05) is 6.07 Å². The predicted octanol–water partition coefficient (Wildman–Crippen LogP) is 7.38. The lowest BCUT2D eigenvalue weighted by Gasteiger charge is -2.22. The number of aryl methyl sites for hydroxylation is 1. The molecule has 0 atom stereocenters. The van der Waals surface area contributed by atoms with Crippen molar-refractivity contribution >= 4 is 27.8 Å². The Hall–Kier alpha value is -3.11. The summed E-state index contributed by atoms with van der Waals surface area (Å²) in [5.74, 6) is 0. The summed E-state index contributed by atoms with van der Waals surface area (Å²) in [7, 11) is 0. The number of aromatic nitrogens is 1. The Morgan fingerprint density at radius 1 is 0.833 bits per heavy atom. The molecule has 1 heterocycles. The normalized spacial score (nSPS) is 10.8. The van der Waals surface area contributed by atoms with Gasteiger partial charge in [0, 0.05) is 35.4 Å². The zero-order valence-corrected chi connectivity index (χ0v) is 18.5. The molecule has 0 bridgehead atoms. The third-order valence-corrected chi connectivity index (χ3v) is 6.13.